The lowest BCUT2D eigenvalue weighted by molar-refractivity contribution is 0.345. The lowest BCUT2D eigenvalue weighted by Crippen LogP contribution is -2.13. The molecule has 3 N–H and O–H groups in total. The maximum atomic E-state index is 5.08. The van der Waals surface area contributed by atoms with Crippen molar-refractivity contribution in [2.75, 3.05) is 11.9 Å². The van der Waals surface area contributed by atoms with Gasteiger partial charge in [0.2, 0.25) is 0 Å². The molecule has 1 aliphatic rings. The second-order valence-electron chi connectivity index (χ2n) is 5.24. The molecule has 0 aliphatic heterocycles. The Bertz CT molecular complexity index is 596. The number of hydrogen-bond acceptors (Lipinski definition) is 4. The van der Waals surface area contributed by atoms with E-state index in [9.17, 15) is 0 Å². The summed E-state index contributed by atoms with van der Waals surface area (Å²) >= 11 is 5.08. The van der Waals surface area contributed by atoms with E-state index in [0.29, 0.717) is 4.77 Å². The zero-order valence-corrected chi connectivity index (χ0v) is 11.7. The molecule has 2 heterocycles. The Morgan fingerprint density at radius 3 is 2.89 bits per heavy atom. The first-order valence-electron chi connectivity index (χ1n) is 7.00. The van der Waals surface area contributed by atoms with Crippen LogP contribution in [-0.2, 0) is 0 Å². The molecule has 0 unspecified atom stereocenters. The van der Waals surface area contributed by atoms with Crippen LogP contribution in [0.1, 0.15) is 38.5 Å². The molecule has 1 fully saturated rings. The van der Waals surface area contributed by atoms with Gasteiger partial charge in [0.1, 0.15) is 11.8 Å². The Morgan fingerprint density at radius 1 is 1.21 bits per heavy atom. The molecule has 19 heavy (non-hydrogen) atoms. The summed E-state index contributed by atoms with van der Waals surface area (Å²) in [4.78, 5) is 14.5. The first-order chi connectivity index (χ1) is 9.33. The highest BCUT2D eigenvalue weighted by atomic mass is 32.1. The van der Waals surface area contributed by atoms with E-state index in [4.69, 9.17) is 12.2 Å². The van der Waals surface area contributed by atoms with Gasteiger partial charge in [0.05, 0.1) is 0 Å². The highest BCUT2D eigenvalue weighted by Crippen LogP contribution is 2.26. The molecule has 0 radical (unpaired) electrons. The fraction of sp³-hybridized carbons (Fsp3) is 0.615. The number of nitrogens with zero attached hydrogens (tertiary/aromatic N) is 2. The second-order valence-corrected chi connectivity index (χ2v) is 5.65. The zero-order valence-electron chi connectivity index (χ0n) is 10.9. The van der Waals surface area contributed by atoms with Crippen LogP contribution in [0.4, 0.5) is 5.82 Å². The number of imidazole rings is 1. The lowest BCUT2D eigenvalue weighted by Gasteiger charge is -2.21. The number of rotatable bonds is 4. The Morgan fingerprint density at radius 2 is 2.05 bits per heavy atom. The summed E-state index contributed by atoms with van der Waals surface area (Å²) in [5, 5.41) is 3.40. The molecule has 5 nitrogen and oxygen atoms in total. The van der Waals surface area contributed by atoms with E-state index in [1.807, 2.05) is 0 Å². The molecule has 0 bridgehead atoms. The van der Waals surface area contributed by atoms with Gasteiger partial charge in [0.25, 0.3) is 0 Å². The van der Waals surface area contributed by atoms with Crippen LogP contribution in [0.15, 0.2) is 6.33 Å². The van der Waals surface area contributed by atoms with Crippen molar-refractivity contribution in [3.05, 3.63) is 11.1 Å². The number of H-pyrrole nitrogens is 2. The zero-order chi connectivity index (χ0) is 13.1. The number of nitrogens with one attached hydrogen (secondary N) is 3. The smallest absolute Gasteiger partial charge is 0.176 e. The summed E-state index contributed by atoms with van der Waals surface area (Å²) in [5.41, 5.74) is 1.64. The monoisotopic (exact) mass is 277 g/mol. The molecule has 1 saturated carbocycles. The SMILES string of the molecule is S=c1[nH]c2ncnc(NCCC3CCCCC3)c2[nH]1. The predicted molar refractivity (Wildman–Crippen MR) is 78.8 cm³/mol. The third-order valence-corrected chi connectivity index (χ3v) is 4.09. The minimum atomic E-state index is 0.589. The lowest BCUT2D eigenvalue weighted by atomic mass is 9.87. The highest BCUT2D eigenvalue weighted by molar-refractivity contribution is 7.71. The van der Waals surface area contributed by atoms with Gasteiger partial charge in [-0.15, -0.1) is 0 Å². The summed E-state index contributed by atoms with van der Waals surface area (Å²) < 4.78 is 0.589. The van der Waals surface area contributed by atoms with E-state index in [1.165, 1.54) is 38.5 Å². The third kappa shape index (κ3) is 2.94. The molecule has 102 valence electrons. The first-order valence-corrected chi connectivity index (χ1v) is 7.40. The van der Waals surface area contributed by atoms with E-state index in [0.717, 1.165) is 29.4 Å². The molecular formula is C13H19N5S. The van der Waals surface area contributed by atoms with Crippen molar-refractivity contribution in [3.8, 4) is 0 Å². The second kappa shape index (κ2) is 5.69. The standard InChI is InChI=1S/C13H19N5S/c19-13-17-10-11(15-8-16-12(10)18-13)14-7-6-9-4-2-1-3-5-9/h8-9H,1-7H2,(H3,14,15,16,17,18,19). The molecule has 0 spiro atoms. The van der Waals surface area contributed by atoms with Crippen molar-refractivity contribution in [3.63, 3.8) is 0 Å². The van der Waals surface area contributed by atoms with E-state index in [-0.39, 0.29) is 0 Å². The van der Waals surface area contributed by atoms with Crippen molar-refractivity contribution in [2.24, 2.45) is 5.92 Å². The Balaban J connectivity index is 1.63. The number of aromatic nitrogens is 4. The molecule has 1 aliphatic carbocycles. The molecule has 3 rings (SSSR count). The van der Waals surface area contributed by atoms with Gasteiger partial charge in [0.15, 0.2) is 16.2 Å². The minimum Gasteiger partial charge on any atom is -0.368 e. The predicted octanol–water partition coefficient (Wildman–Crippen LogP) is 3.40. The summed E-state index contributed by atoms with van der Waals surface area (Å²) in [6.45, 7) is 0.961. The normalized spacial score (nSPS) is 16.8. The van der Waals surface area contributed by atoms with Crippen LogP contribution in [0.25, 0.3) is 11.2 Å². The number of hydrogen-bond donors (Lipinski definition) is 3. The van der Waals surface area contributed by atoms with Crippen molar-refractivity contribution >= 4 is 29.2 Å². The summed E-state index contributed by atoms with van der Waals surface area (Å²) in [6, 6.07) is 0. The Labute approximate surface area is 117 Å². The molecule has 0 amide bonds. The summed E-state index contributed by atoms with van der Waals surface area (Å²) in [6.07, 6.45) is 9.75. The molecule has 0 aromatic carbocycles. The van der Waals surface area contributed by atoms with Crippen LogP contribution in [0, 0.1) is 10.7 Å². The van der Waals surface area contributed by atoms with Crippen LogP contribution in [0.5, 0.6) is 0 Å². The number of anilines is 1. The summed E-state index contributed by atoms with van der Waals surface area (Å²) in [5.74, 6) is 1.72. The van der Waals surface area contributed by atoms with Crippen molar-refractivity contribution in [1.29, 1.82) is 0 Å². The van der Waals surface area contributed by atoms with Crippen molar-refractivity contribution in [1.82, 2.24) is 19.9 Å². The maximum Gasteiger partial charge on any atom is 0.176 e. The van der Waals surface area contributed by atoms with E-state index in [2.05, 4.69) is 25.3 Å². The highest BCUT2D eigenvalue weighted by Gasteiger charge is 2.13. The topological polar surface area (TPSA) is 69.4 Å². The molecule has 2 aromatic rings. The first kappa shape index (κ1) is 12.6. The average Bonchev–Trinajstić information content (AvgIpc) is 2.81. The van der Waals surface area contributed by atoms with Gasteiger partial charge in [0, 0.05) is 6.54 Å². The van der Waals surface area contributed by atoms with E-state index < -0.39 is 0 Å². The van der Waals surface area contributed by atoms with Gasteiger partial charge in [-0.3, -0.25) is 0 Å². The Hall–Kier alpha value is -1.43. The van der Waals surface area contributed by atoms with Crippen molar-refractivity contribution in [2.45, 2.75) is 38.5 Å². The molecule has 2 aromatic heterocycles. The van der Waals surface area contributed by atoms with Gasteiger partial charge >= 0.3 is 0 Å². The quantitative estimate of drug-likeness (QED) is 0.749. The molecule has 6 heteroatoms. The van der Waals surface area contributed by atoms with Crippen LogP contribution in [0.2, 0.25) is 0 Å². The van der Waals surface area contributed by atoms with Crippen LogP contribution in [0.3, 0.4) is 0 Å². The largest absolute Gasteiger partial charge is 0.368 e. The average molecular weight is 277 g/mol. The fourth-order valence-corrected chi connectivity index (χ4v) is 3.05. The van der Waals surface area contributed by atoms with Crippen LogP contribution >= 0.6 is 12.2 Å². The molecule has 0 saturated heterocycles. The van der Waals surface area contributed by atoms with Crippen LogP contribution < -0.4 is 5.32 Å². The number of fused-ring (bicyclic) bond motifs is 1. The fourth-order valence-electron chi connectivity index (χ4n) is 2.86. The van der Waals surface area contributed by atoms with Gasteiger partial charge in [-0.25, -0.2) is 9.97 Å². The van der Waals surface area contributed by atoms with Gasteiger partial charge in [-0.05, 0) is 24.6 Å². The third-order valence-electron chi connectivity index (χ3n) is 3.89. The number of aromatic amines is 2. The maximum absolute atomic E-state index is 5.08. The van der Waals surface area contributed by atoms with Gasteiger partial charge < -0.3 is 15.3 Å². The molecular weight excluding hydrogens is 258 g/mol. The minimum absolute atomic E-state index is 0.589. The molecule has 0 atom stereocenters. The van der Waals surface area contributed by atoms with Gasteiger partial charge in [-0.2, -0.15) is 0 Å². The van der Waals surface area contributed by atoms with Crippen molar-refractivity contribution < 1.29 is 0 Å². The Kier molecular flexibility index (Phi) is 3.77. The summed E-state index contributed by atoms with van der Waals surface area (Å²) in [7, 11) is 0. The van der Waals surface area contributed by atoms with Crippen LogP contribution in [-0.4, -0.2) is 26.5 Å². The van der Waals surface area contributed by atoms with Gasteiger partial charge in [-0.1, -0.05) is 32.1 Å². The van der Waals surface area contributed by atoms with E-state index in [1.54, 1.807) is 6.33 Å². The van der Waals surface area contributed by atoms with E-state index >= 15 is 0 Å².